The third kappa shape index (κ3) is 2.30. The minimum absolute atomic E-state index is 0.168. The lowest BCUT2D eigenvalue weighted by Crippen LogP contribution is -2.26. The number of carboxylic acids is 1. The van der Waals surface area contributed by atoms with Crippen molar-refractivity contribution in [3.8, 4) is 0 Å². The monoisotopic (exact) mass is 242 g/mol. The van der Waals surface area contributed by atoms with Crippen molar-refractivity contribution in [1.82, 2.24) is 10.3 Å². The zero-order chi connectivity index (χ0) is 11.7. The molecule has 1 heterocycles. The van der Waals surface area contributed by atoms with E-state index in [4.69, 9.17) is 5.11 Å². The molecule has 1 aliphatic carbocycles. The molecule has 6 nitrogen and oxygen atoms in total. The largest absolute Gasteiger partial charge is 0.481 e. The van der Waals surface area contributed by atoms with Crippen molar-refractivity contribution in [3.05, 3.63) is 20.7 Å². The van der Waals surface area contributed by atoms with Gasteiger partial charge in [0.2, 0.25) is 5.91 Å². The first-order valence-corrected chi connectivity index (χ1v) is 5.63. The van der Waals surface area contributed by atoms with E-state index < -0.39 is 17.8 Å². The molecule has 7 heteroatoms. The molecule has 2 atom stereocenters. The Morgan fingerprint density at radius 1 is 1.56 bits per heavy atom. The van der Waals surface area contributed by atoms with Gasteiger partial charge in [0.15, 0.2) is 0 Å². The van der Waals surface area contributed by atoms with Crippen LogP contribution in [0.5, 0.6) is 0 Å². The Hall–Kier alpha value is -1.63. The predicted octanol–water partition coefficient (Wildman–Crippen LogP) is -0.227. The van der Waals surface area contributed by atoms with Crippen molar-refractivity contribution in [1.29, 1.82) is 0 Å². The second-order valence-electron chi connectivity index (χ2n) is 3.68. The highest BCUT2D eigenvalue weighted by molar-refractivity contribution is 7.07. The van der Waals surface area contributed by atoms with Gasteiger partial charge >= 0.3 is 10.8 Å². The quantitative estimate of drug-likeness (QED) is 0.679. The molecule has 1 saturated carbocycles. The smallest absolute Gasteiger partial charge is 0.307 e. The van der Waals surface area contributed by atoms with Gasteiger partial charge < -0.3 is 15.4 Å². The molecule has 3 N–H and O–H groups in total. The van der Waals surface area contributed by atoms with E-state index in [1.807, 2.05) is 0 Å². The average Bonchev–Trinajstić information content (AvgIpc) is 2.93. The van der Waals surface area contributed by atoms with Gasteiger partial charge in [0.05, 0.1) is 18.4 Å². The van der Waals surface area contributed by atoms with Crippen LogP contribution in [0.25, 0.3) is 0 Å². The van der Waals surface area contributed by atoms with E-state index in [9.17, 15) is 14.4 Å². The van der Waals surface area contributed by atoms with Gasteiger partial charge in [-0.25, -0.2) is 0 Å². The summed E-state index contributed by atoms with van der Waals surface area (Å²) in [6.45, 7) is 0.237. The summed E-state index contributed by atoms with van der Waals surface area (Å²) in [6, 6.07) is 0. The fourth-order valence-electron chi connectivity index (χ4n) is 1.47. The van der Waals surface area contributed by atoms with Gasteiger partial charge in [0.25, 0.3) is 0 Å². The molecule has 86 valence electrons. The number of carboxylic acid groups (broad SMARTS) is 1. The molecule has 1 amide bonds. The number of H-pyrrole nitrogens is 1. The third-order valence-corrected chi connectivity index (χ3v) is 3.19. The molecule has 0 aromatic carbocycles. The molecule has 0 saturated heterocycles. The van der Waals surface area contributed by atoms with Crippen molar-refractivity contribution in [3.63, 3.8) is 0 Å². The fourth-order valence-corrected chi connectivity index (χ4v) is 2.05. The Labute approximate surface area is 94.3 Å². The van der Waals surface area contributed by atoms with Crippen LogP contribution in [0.15, 0.2) is 10.2 Å². The van der Waals surface area contributed by atoms with E-state index in [0.29, 0.717) is 12.1 Å². The first-order valence-electron chi connectivity index (χ1n) is 4.75. The highest BCUT2D eigenvalue weighted by atomic mass is 32.1. The molecular formula is C9H10N2O4S. The molecule has 0 radical (unpaired) electrons. The lowest BCUT2D eigenvalue weighted by molar-refractivity contribution is -0.140. The number of nitrogens with one attached hydrogen (secondary N) is 2. The number of hydrogen-bond acceptors (Lipinski definition) is 4. The van der Waals surface area contributed by atoms with Crippen LogP contribution in [0.3, 0.4) is 0 Å². The fraction of sp³-hybridized carbons (Fsp3) is 0.444. The van der Waals surface area contributed by atoms with Crippen molar-refractivity contribution >= 4 is 23.2 Å². The van der Waals surface area contributed by atoms with Gasteiger partial charge in [-0.15, -0.1) is 0 Å². The molecule has 1 aromatic rings. The Bertz CT molecular complexity index is 478. The normalized spacial score (nSPS) is 22.8. The highest BCUT2D eigenvalue weighted by Crippen LogP contribution is 2.38. The molecule has 0 spiro atoms. The van der Waals surface area contributed by atoms with Gasteiger partial charge in [-0.3, -0.25) is 14.4 Å². The van der Waals surface area contributed by atoms with Gasteiger partial charge in [-0.05, 0) is 6.42 Å². The molecule has 16 heavy (non-hydrogen) atoms. The van der Waals surface area contributed by atoms with Crippen LogP contribution in [0.4, 0.5) is 0 Å². The SMILES string of the molecule is O=C(O)C1CC1C(=O)NCc1csc(=O)[nH]1. The summed E-state index contributed by atoms with van der Waals surface area (Å²) in [5.41, 5.74) is 0.635. The van der Waals surface area contributed by atoms with E-state index in [0.717, 1.165) is 11.3 Å². The standard InChI is InChI=1S/C9H10N2O4S/c12-7(5-1-6(5)8(13)14)10-2-4-3-16-9(15)11-4/h3,5-6H,1-2H2,(H,10,12)(H,11,15)(H,13,14). The van der Waals surface area contributed by atoms with Crippen LogP contribution in [-0.2, 0) is 16.1 Å². The van der Waals surface area contributed by atoms with E-state index in [2.05, 4.69) is 10.3 Å². The first-order chi connectivity index (χ1) is 7.58. The van der Waals surface area contributed by atoms with E-state index in [1.54, 1.807) is 5.38 Å². The van der Waals surface area contributed by atoms with Gasteiger partial charge in [-0.2, -0.15) is 0 Å². The summed E-state index contributed by atoms with van der Waals surface area (Å²) < 4.78 is 0. The van der Waals surface area contributed by atoms with Gasteiger partial charge in [-0.1, -0.05) is 11.3 Å². The Morgan fingerprint density at radius 2 is 2.31 bits per heavy atom. The molecule has 0 aliphatic heterocycles. The number of rotatable bonds is 4. The average molecular weight is 242 g/mol. The number of aromatic amines is 1. The lowest BCUT2D eigenvalue weighted by Gasteiger charge is -2.01. The van der Waals surface area contributed by atoms with Crippen molar-refractivity contribution < 1.29 is 14.7 Å². The lowest BCUT2D eigenvalue weighted by atomic mass is 10.3. The second-order valence-corrected chi connectivity index (χ2v) is 4.52. The van der Waals surface area contributed by atoms with Crippen LogP contribution >= 0.6 is 11.3 Å². The highest BCUT2D eigenvalue weighted by Gasteiger charge is 2.48. The van der Waals surface area contributed by atoms with Crippen molar-refractivity contribution in [2.24, 2.45) is 11.8 Å². The minimum Gasteiger partial charge on any atom is -0.481 e. The summed E-state index contributed by atoms with van der Waals surface area (Å²) in [4.78, 5) is 35.1. The number of thiazole rings is 1. The Kier molecular flexibility index (Phi) is 2.78. The van der Waals surface area contributed by atoms with Crippen LogP contribution in [0.2, 0.25) is 0 Å². The van der Waals surface area contributed by atoms with Crippen LogP contribution in [0, 0.1) is 11.8 Å². The first kappa shape index (κ1) is 10.9. The number of aliphatic carboxylic acids is 1. The summed E-state index contributed by atoms with van der Waals surface area (Å²) in [5.74, 6) is -2.15. The summed E-state index contributed by atoms with van der Waals surface area (Å²) in [7, 11) is 0. The number of carbonyl (C=O) groups excluding carboxylic acids is 1. The Balaban J connectivity index is 1.81. The van der Waals surface area contributed by atoms with E-state index in [1.165, 1.54) is 0 Å². The number of hydrogen-bond donors (Lipinski definition) is 3. The molecule has 1 aliphatic rings. The van der Waals surface area contributed by atoms with E-state index in [-0.39, 0.29) is 17.3 Å². The minimum atomic E-state index is -0.927. The van der Waals surface area contributed by atoms with Crippen LogP contribution < -0.4 is 10.2 Å². The molecule has 2 rings (SSSR count). The maximum atomic E-state index is 11.4. The van der Waals surface area contributed by atoms with Crippen LogP contribution in [-0.4, -0.2) is 22.0 Å². The number of aromatic nitrogens is 1. The van der Waals surface area contributed by atoms with Gasteiger partial charge in [0, 0.05) is 11.1 Å². The second kappa shape index (κ2) is 4.09. The number of carbonyl (C=O) groups is 2. The zero-order valence-electron chi connectivity index (χ0n) is 8.23. The molecule has 1 aromatic heterocycles. The zero-order valence-corrected chi connectivity index (χ0v) is 9.04. The Morgan fingerprint density at radius 3 is 2.81 bits per heavy atom. The number of amides is 1. The van der Waals surface area contributed by atoms with Crippen molar-refractivity contribution in [2.45, 2.75) is 13.0 Å². The molecular weight excluding hydrogens is 232 g/mol. The predicted molar refractivity (Wildman–Crippen MR) is 56.0 cm³/mol. The maximum absolute atomic E-state index is 11.4. The van der Waals surface area contributed by atoms with Gasteiger partial charge in [0.1, 0.15) is 0 Å². The van der Waals surface area contributed by atoms with Crippen LogP contribution in [0.1, 0.15) is 12.1 Å². The third-order valence-electron chi connectivity index (χ3n) is 2.47. The maximum Gasteiger partial charge on any atom is 0.307 e. The molecule has 2 unspecified atom stereocenters. The molecule has 1 fully saturated rings. The summed E-state index contributed by atoms with van der Waals surface area (Å²) in [5, 5.41) is 12.9. The van der Waals surface area contributed by atoms with Crippen molar-refractivity contribution in [2.75, 3.05) is 0 Å². The van der Waals surface area contributed by atoms with E-state index >= 15 is 0 Å². The summed E-state index contributed by atoms with van der Waals surface area (Å²) >= 11 is 1.03. The topological polar surface area (TPSA) is 99.3 Å². The summed E-state index contributed by atoms with van der Waals surface area (Å²) in [6.07, 6.45) is 0.404. The molecule has 0 bridgehead atoms.